The monoisotopic (exact) mass is 442 g/mol. The molecule has 1 aromatic heterocycles. The Hall–Kier alpha value is -3.23. The number of carbonyl (C=O) groups is 3. The molecule has 3 aromatic rings. The van der Waals surface area contributed by atoms with E-state index in [1.165, 1.54) is 11.3 Å². The number of primary amides is 1. The predicted molar refractivity (Wildman–Crippen MR) is 116 cm³/mol. The summed E-state index contributed by atoms with van der Waals surface area (Å²) in [4.78, 5) is 40.2. The van der Waals surface area contributed by atoms with Crippen molar-refractivity contribution in [2.45, 2.75) is 13.5 Å². The number of thiazole rings is 1. The van der Waals surface area contributed by atoms with Crippen LogP contribution in [-0.4, -0.2) is 29.3 Å². The van der Waals surface area contributed by atoms with Gasteiger partial charge in [0, 0.05) is 22.7 Å². The maximum absolute atomic E-state index is 12.6. The van der Waals surface area contributed by atoms with Crippen LogP contribution < -0.4 is 16.4 Å². The summed E-state index contributed by atoms with van der Waals surface area (Å²) in [6, 6.07) is 14.0. The molecule has 0 aliphatic rings. The molecule has 4 N–H and O–H groups in total. The molecule has 3 rings (SSSR count). The Bertz CT molecular complexity index is 1100. The third-order valence-corrected chi connectivity index (χ3v) is 5.61. The van der Waals surface area contributed by atoms with Crippen molar-refractivity contribution >= 4 is 40.7 Å². The van der Waals surface area contributed by atoms with Crippen molar-refractivity contribution in [3.8, 4) is 10.6 Å². The minimum absolute atomic E-state index is 0.220. The number of aryl methyl sites for hydroxylation is 1. The van der Waals surface area contributed by atoms with Gasteiger partial charge in [0.1, 0.15) is 9.88 Å². The topological polar surface area (TPSA) is 114 Å². The van der Waals surface area contributed by atoms with E-state index in [0.717, 1.165) is 16.1 Å². The zero-order valence-electron chi connectivity index (χ0n) is 16.1. The van der Waals surface area contributed by atoms with E-state index >= 15 is 0 Å². The molecule has 0 aliphatic heterocycles. The standard InChI is InChI=1S/C21H19ClN4O3S/c1-12-18(30-21(26-12)15-3-2-4-16(22)9-15)20(29)24-10-13-5-7-14(8-6-13)19(28)25-11-17(23)27/h2-9H,10-11H2,1H3,(H2,23,27)(H,24,29)(H,25,28). The lowest BCUT2D eigenvalue weighted by molar-refractivity contribution is -0.117. The third kappa shape index (κ3) is 5.43. The van der Waals surface area contributed by atoms with Gasteiger partial charge in [0.15, 0.2) is 0 Å². The number of rotatable bonds is 7. The Morgan fingerprint density at radius 3 is 2.47 bits per heavy atom. The number of benzene rings is 2. The fraction of sp³-hybridized carbons (Fsp3) is 0.143. The van der Waals surface area contributed by atoms with E-state index in [2.05, 4.69) is 15.6 Å². The first-order valence-electron chi connectivity index (χ1n) is 9.00. The molecule has 0 atom stereocenters. The molecule has 0 fully saturated rings. The quantitative estimate of drug-likeness (QED) is 0.521. The molecule has 2 aromatic carbocycles. The summed E-state index contributed by atoms with van der Waals surface area (Å²) >= 11 is 7.34. The first kappa shape index (κ1) is 21.5. The van der Waals surface area contributed by atoms with Gasteiger partial charge >= 0.3 is 0 Å². The SMILES string of the molecule is Cc1nc(-c2cccc(Cl)c2)sc1C(=O)NCc1ccc(C(=O)NCC(N)=O)cc1. The van der Waals surface area contributed by atoms with Gasteiger partial charge in [-0.15, -0.1) is 11.3 Å². The van der Waals surface area contributed by atoms with Crippen molar-refractivity contribution in [2.75, 3.05) is 6.54 Å². The minimum atomic E-state index is -0.612. The van der Waals surface area contributed by atoms with E-state index in [-0.39, 0.29) is 12.5 Å². The summed E-state index contributed by atoms with van der Waals surface area (Å²) in [7, 11) is 0. The number of carbonyl (C=O) groups excluding carboxylic acids is 3. The van der Waals surface area contributed by atoms with Crippen LogP contribution in [0.5, 0.6) is 0 Å². The molecule has 9 heteroatoms. The average molecular weight is 443 g/mol. The summed E-state index contributed by atoms with van der Waals surface area (Å²) in [5.41, 5.74) is 7.74. The molecule has 0 aliphatic carbocycles. The number of nitrogens with zero attached hydrogens (tertiary/aromatic N) is 1. The number of nitrogens with two attached hydrogens (primary N) is 1. The second-order valence-electron chi connectivity index (χ2n) is 6.47. The van der Waals surface area contributed by atoms with Crippen molar-refractivity contribution in [1.29, 1.82) is 0 Å². The average Bonchev–Trinajstić information content (AvgIpc) is 3.12. The maximum atomic E-state index is 12.6. The van der Waals surface area contributed by atoms with E-state index in [1.807, 2.05) is 18.2 Å². The molecule has 30 heavy (non-hydrogen) atoms. The molecule has 154 valence electrons. The number of hydrogen-bond acceptors (Lipinski definition) is 5. The normalized spacial score (nSPS) is 10.5. The van der Waals surface area contributed by atoms with Gasteiger partial charge in [-0.25, -0.2) is 4.98 Å². The lowest BCUT2D eigenvalue weighted by Crippen LogP contribution is -2.33. The van der Waals surface area contributed by atoms with Gasteiger partial charge in [0.25, 0.3) is 11.8 Å². The first-order chi connectivity index (χ1) is 14.3. The number of hydrogen-bond donors (Lipinski definition) is 3. The number of halogens is 1. The molecular weight excluding hydrogens is 424 g/mol. The fourth-order valence-corrected chi connectivity index (χ4v) is 3.83. The van der Waals surface area contributed by atoms with Gasteiger partial charge in [0.05, 0.1) is 12.2 Å². The van der Waals surface area contributed by atoms with E-state index < -0.39 is 11.8 Å². The number of nitrogens with one attached hydrogen (secondary N) is 2. The molecule has 0 spiro atoms. The second kappa shape index (κ2) is 9.51. The summed E-state index contributed by atoms with van der Waals surface area (Å²) in [6.07, 6.45) is 0. The van der Waals surface area contributed by atoms with Crippen LogP contribution in [0.1, 0.15) is 31.3 Å². The van der Waals surface area contributed by atoms with Gasteiger partial charge in [-0.3, -0.25) is 14.4 Å². The van der Waals surface area contributed by atoms with E-state index in [9.17, 15) is 14.4 Å². The summed E-state index contributed by atoms with van der Waals surface area (Å²) in [5, 5.41) is 6.62. The Morgan fingerprint density at radius 2 is 1.80 bits per heavy atom. The van der Waals surface area contributed by atoms with E-state index in [0.29, 0.717) is 27.7 Å². The van der Waals surface area contributed by atoms with Crippen molar-refractivity contribution in [3.05, 3.63) is 75.3 Å². The molecule has 0 saturated carbocycles. The van der Waals surface area contributed by atoms with Crippen molar-refractivity contribution in [1.82, 2.24) is 15.6 Å². The van der Waals surface area contributed by atoms with Crippen molar-refractivity contribution in [3.63, 3.8) is 0 Å². The van der Waals surface area contributed by atoms with Crippen LogP contribution in [0.4, 0.5) is 0 Å². The zero-order valence-corrected chi connectivity index (χ0v) is 17.6. The molecule has 3 amide bonds. The van der Waals surface area contributed by atoms with Gasteiger partial charge < -0.3 is 16.4 Å². The Kier molecular flexibility index (Phi) is 6.81. The highest BCUT2D eigenvalue weighted by Crippen LogP contribution is 2.29. The molecule has 7 nitrogen and oxygen atoms in total. The number of amides is 3. The highest BCUT2D eigenvalue weighted by atomic mass is 35.5. The van der Waals surface area contributed by atoms with Crippen molar-refractivity contribution < 1.29 is 14.4 Å². The van der Waals surface area contributed by atoms with Crippen LogP contribution in [0.3, 0.4) is 0 Å². The van der Waals surface area contributed by atoms with Crippen LogP contribution in [0, 0.1) is 6.92 Å². The Labute approximate surface area is 182 Å². The van der Waals surface area contributed by atoms with E-state index in [4.69, 9.17) is 17.3 Å². The Balaban J connectivity index is 1.62. The molecule has 0 unspecified atom stereocenters. The smallest absolute Gasteiger partial charge is 0.263 e. The molecule has 0 radical (unpaired) electrons. The minimum Gasteiger partial charge on any atom is -0.368 e. The van der Waals surface area contributed by atoms with Gasteiger partial charge in [-0.2, -0.15) is 0 Å². The van der Waals surface area contributed by atoms with Crippen LogP contribution in [0.15, 0.2) is 48.5 Å². The van der Waals surface area contributed by atoms with Gasteiger partial charge in [-0.05, 0) is 36.8 Å². The molecular formula is C21H19ClN4O3S. The van der Waals surface area contributed by atoms with Crippen LogP contribution in [0.2, 0.25) is 5.02 Å². The van der Waals surface area contributed by atoms with Crippen LogP contribution >= 0.6 is 22.9 Å². The predicted octanol–water partition coefficient (Wildman–Crippen LogP) is 2.92. The summed E-state index contributed by atoms with van der Waals surface area (Å²) in [6.45, 7) is 1.87. The summed E-state index contributed by atoms with van der Waals surface area (Å²) < 4.78 is 0. The number of aromatic nitrogens is 1. The lowest BCUT2D eigenvalue weighted by Gasteiger charge is -2.06. The highest BCUT2D eigenvalue weighted by molar-refractivity contribution is 7.17. The molecule has 1 heterocycles. The van der Waals surface area contributed by atoms with Crippen molar-refractivity contribution in [2.24, 2.45) is 5.73 Å². The van der Waals surface area contributed by atoms with E-state index in [1.54, 1.807) is 37.3 Å². The lowest BCUT2D eigenvalue weighted by atomic mass is 10.1. The summed E-state index contributed by atoms with van der Waals surface area (Å²) in [5.74, 6) is -1.22. The van der Waals surface area contributed by atoms with Crippen LogP contribution in [-0.2, 0) is 11.3 Å². The fourth-order valence-electron chi connectivity index (χ4n) is 2.66. The first-order valence-corrected chi connectivity index (χ1v) is 10.2. The molecule has 0 saturated heterocycles. The van der Waals surface area contributed by atoms with Gasteiger partial charge in [0.2, 0.25) is 5.91 Å². The molecule has 0 bridgehead atoms. The largest absolute Gasteiger partial charge is 0.368 e. The highest BCUT2D eigenvalue weighted by Gasteiger charge is 2.16. The second-order valence-corrected chi connectivity index (χ2v) is 7.91. The maximum Gasteiger partial charge on any atom is 0.263 e. The third-order valence-electron chi connectivity index (χ3n) is 4.17. The van der Waals surface area contributed by atoms with Gasteiger partial charge in [-0.1, -0.05) is 35.9 Å². The Morgan fingerprint density at radius 1 is 1.07 bits per heavy atom. The van der Waals surface area contributed by atoms with Crippen LogP contribution in [0.25, 0.3) is 10.6 Å². The zero-order chi connectivity index (χ0) is 21.7.